The zero-order valence-corrected chi connectivity index (χ0v) is 21.8. The molecule has 4 aromatic rings. The molecule has 0 unspecified atom stereocenters. The lowest BCUT2D eigenvalue weighted by Crippen LogP contribution is -2.27. The highest BCUT2D eigenvalue weighted by molar-refractivity contribution is 7.92. The average Bonchev–Trinajstić information content (AvgIpc) is 3.20. The van der Waals surface area contributed by atoms with E-state index in [4.69, 9.17) is 4.74 Å². The van der Waals surface area contributed by atoms with Crippen LogP contribution < -0.4 is 19.7 Å². The molecule has 9 heteroatoms. The first-order chi connectivity index (χ1) is 18.3. The van der Waals surface area contributed by atoms with Gasteiger partial charge in [0.1, 0.15) is 5.75 Å². The first-order valence-electron chi connectivity index (χ1n) is 12.3. The van der Waals surface area contributed by atoms with Crippen LogP contribution in [0.1, 0.15) is 40.5 Å². The molecule has 2 N–H and O–H groups in total. The number of carbonyl (C=O) groups excluding carboxylic acids is 2. The average molecular weight is 530 g/mol. The Morgan fingerprint density at radius 3 is 2.42 bits per heavy atom. The Morgan fingerprint density at radius 1 is 0.921 bits per heavy atom. The summed E-state index contributed by atoms with van der Waals surface area (Å²) in [6, 6.07) is 21.5. The molecule has 194 valence electrons. The molecule has 2 amide bonds. The molecular weight excluding hydrogens is 502 g/mol. The molecule has 38 heavy (non-hydrogen) atoms. The van der Waals surface area contributed by atoms with Crippen LogP contribution in [0.5, 0.6) is 5.75 Å². The van der Waals surface area contributed by atoms with E-state index >= 15 is 0 Å². The minimum absolute atomic E-state index is 0.0401. The van der Waals surface area contributed by atoms with E-state index < -0.39 is 15.9 Å². The molecule has 0 radical (unpaired) electrons. The molecule has 5 rings (SSSR count). The predicted molar refractivity (Wildman–Crippen MR) is 149 cm³/mol. The summed E-state index contributed by atoms with van der Waals surface area (Å²) < 4.78 is 33.6. The summed E-state index contributed by atoms with van der Waals surface area (Å²) in [4.78, 5) is 28.3. The smallest absolute Gasteiger partial charge is 0.261 e. The number of anilines is 3. The standard InChI is InChI=1S/C29H27N3O5S/c1-3-4-18-32-26-17-16-24(21-9-7-10-23(27(21)26)29(32)34)30-28(33)22-8-5-6-11-25(22)31-38(35,36)20-14-12-19(37-2)13-15-20/h5-17,31H,3-4,18H2,1-2H3,(H,30,33). The molecular formula is C29H27N3O5S. The summed E-state index contributed by atoms with van der Waals surface area (Å²) in [5.41, 5.74) is 2.28. The van der Waals surface area contributed by atoms with Gasteiger partial charge in [-0.3, -0.25) is 14.3 Å². The number of ether oxygens (including phenoxy) is 1. The molecule has 1 aliphatic heterocycles. The fourth-order valence-electron chi connectivity index (χ4n) is 4.61. The van der Waals surface area contributed by atoms with Gasteiger partial charge in [0.2, 0.25) is 0 Å². The van der Waals surface area contributed by atoms with Crippen LogP contribution in [0.25, 0.3) is 10.8 Å². The van der Waals surface area contributed by atoms with Crippen LogP contribution in [0.4, 0.5) is 17.1 Å². The second-order valence-corrected chi connectivity index (χ2v) is 10.6. The predicted octanol–water partition coefficient (Wildman–Crippen LogP) is 5.66. The Labute approximate surface area is 221 Å². The largest absolute Gasteiger partial charge is 0.497 e. The third kappa shape index (κ3) is 4.56. The normalized spacial score (nSPS) is 12.6. The summed E-state index contributed by atoms with van der Waals surface area (Å²) in [7, 11) is -2.45. The van der Waals surface area contributed by atoms with Gasteiger partial charge in [0.25, 0.3) is 21.8 Å². The minimum Gasteiger partial charge on any atom is -0.497 e. The number of sulfonamides is 1. The summed E-state index contributed by atoms with van der Waals surface area (Å²) in [6.07, 6.45) is 1.86. The van der Waals surface area contributed by atoms with Crippen molar-refractivity contribution in [1.82, 2.24) is 0 Å². The van der Waals surface area contributed by atoms with E-state index in [0.29, 0.717) is 23.5 Å². The third-order valence-corrected chi connectivity index (χ3v) is 7.94. The number of nitrogens with zero attached hydrogens (tertiary/aromatic N) is 1. The highest BCUT2D eigenvalue weighted by atomic mass is 32.2. The van der Waals surface area contributed by atoms with E-state index in [1.807, 2.05) is 12.1 Å². The van der Waals surface area contributed by atoms with E-state index in [-0.39, 0.29) is 22.1 Å². The number of para-hydroxylation sites is 1. The molecule has 0 saturated carbocycles. The number of unbranched alkanes of at least 4 members (excludes halogenated alkanes) is 1. The van der Waals surface area contributed by atoms with Crippen molar-refractivity contribution in [3.8, 4) is 5.75 Å². The Morgan fingerprint density at radius 2 is 1.68 bits per heavy atom. The van der Waals surface area contributed by atoms with E-state index in [1.54, 1.807) is 53.4 Å². The first kappa shape index (κ1) is 25.3. The lowest BCUT2D eigenvalue weighted by Gasteiger charge is -2.18. The molecule has 8 nitrogen and oxygen atoms in total. The maximum absolute atomic E-state index is 13.4. The molecule has 0 atom stereocenters. The van der Waals surface area contributed by atoms with Crippen molar-refractivity contribution < 1.29 is 22.7 Å². The van der Waals surface area contributed by atoms with Gasteiger partial charge in [-0.15, -0.1) is 0 Å². The van der Waals surface area contributed by atoms with Gasteiger partial charge in [0, 0.05) is 28.6 Å². The maximum atomic E-state index is 13.4. The topological polar surface area (TPSA) is 105 Å². The van der Waals surface area contributed by atoms with E-state index in [2.05, 4.69) is 17.0 Å². The van der Waals surface area contributed by atoms with Crippen molar-refractivity contribution in [2.24, 2.45) is 0 Å². The number of nitrogens with one attached hydrogen (secondary N) is 2. The Bertz CT molecular complexity index is 1650. The molecule has 1 heterocycles. The minimum atomic E-state index is -3.95. The van der Waals surface area contributed by atoms with Crippen LogP contribution in [-0.2, 0) is 10.0 Å². The van der Waals surface area contributed by atoms with Crippen LogP contribution >= 0.6 is 0 Å². The molecule has 0 aliphatic carbocycles. The highest BCUT2D eigenvalue weighted by Crippen LogP contribution is 2.41. The van der Waals surface area contributed by atoms with Crippen LogP contribution in [0.3, 0.4) is 0 Å². The fraction of sp³-hybridized carbons (Fsp3) is 0.172. The maximum Gasteiger partial charge on any atom is 0.261 e. The van der Waals surface area contributed by atoms with Crippen molar-refractivity contribution in [2.45, 2.75) is 24.7 Å². The highest BCUT2D eigenvalue weighted by Gasteiger charge is 2.30. The van der Waals surface area contributed by atoms with Crippen molar-refractivity contribution in [2.75, 3.05) is 28.6 Å². The Hall–Kier alpha value is -4.37. The molecule has 0 aromatic heterocycles. The van der Waals surface area contributed by atoms with Crippen molar-refractivity contribution in [3.05, 3.63) is 90.0 Å². The van der Waals surface area contributed by atoms with E-state index in [9.17, 15) is 18.0 Å². The molecule has 0 spiro atoms. The van der Waals surface area contributed by atoms with Gasteiger partial charge >= 0.3 is 0 Å². The quantitative estimate of drug-likeness (QED) is 0.291. The molecule has 0 bridgehead atoms. The Kier molecular flexibility index (Phi) is 6.77. The number of methoxy groups -OCH3 is 1. The zero-order valence-electron chi connectivity index (χ0n) is 21.0. The molecule has 0 saturated heterocycles. The number of carbonyl (C=O) groups is 2. The van der Waals surface area contributed by atoms with Gasteiger partial charge in [-0.25, -0.2) is 8.42 Å². The van der Waals surface area contributed by atoms with Gasteiger partial charge < -0.3 is 15.0 Å². The zero-order chi connectivity index (χ0) is 26.9. The Balaban J connectivity index is 1.45. The third-order valence-electron chi connectivity index (χ3n) is 6.55. The number of hydrogen-bond donors (Lipinski definition) is 2. The van der Waals surface area contributed by atoms with Gasteiger partial charge in [0.15, 0.2) is 0 Å². The van der Waals surface area contributed by atoms with Crippen molar-refractivity contribution in [1.29, 1.82) is 0 Å². The first-order valence-corrected chi connectivity index (χ1v) is 13.8. The molecule has 1 aliphatic rings. The second-order valence-electron chi connectivity index (χ2n) is 8.95. The van der Waals surface area contributed by atoms with Crippen LogP contribution in [0.15, 0.2) is 83.8 Å². The summed E-state index contributed by atoms with van der Waals surface area (Å²) in [5, 5.41) is 4.47. The molecule has 4 aromatic carbocycles. The van der Waals surface area contributed by atoms with Crippen LogP contribution in [0.2, 0.25) is 0 Å². The number of benzene rings is 4. The van der Waals surface area contributed by atoms with Gasteiger partial charge in [0.05, 0.1) is 28.9 Å². The monoisotopic (exact) mass is 529 g/mol. The van der Waals surface area contributed by atoms with Gasteiger partial charge in [-0.2, -0.15) is 0 Å². The number of amides is 2. The van der Waals surface area contributed by atoms with Gasteiger partial charge in [-0.1, -0.05) is 37.6 Å². The van der Waals surface area contributed by atoms with E-state index in [0.717, 1.165) is 29.3 Å². The van der Waals surface area contributed by atoms with Crippen molar-refractivity contribution in [3.63, 3.8) is 0 Å². The number of hydrogen-bond acceptors (Lipinski definition) is 5. The lowest BCUT2D eigenvalue weighted by molar-refractivity contribution is 0.0991. The summed E-state index contributed by atoms with van der Waals surface area (Å²) in [5.74, 6) is 0.0102. The fourth-order valence-corrected chi connectivity index (χ4v) is 5.69. The summed E-state index contributed by atoms with van der Waals surface area (Å²) >= 11 is 0. The summed E-state index contributed by atoms with van der Waals surface area (Å²) in [6.45, 7) is 2.71. The van der Waals surface area contributed by atoms with Gasteiger partial charge in [-0.05, 0) is 61.0 Å². The lowest BCUT2D eigenvalue weighted by atomic mass is 10.0. The molecule has 0 fully saturated rings. The van der Waals surface area contributed by atoms with Crippen molar-refractivity contribution >= 4 is 49.7 Å². The van der Waals surface area contributed by atoms with E-state index in [1.165, 1.54) is 25.3 Å². The van der Waals surface area contributed by atoms with Crippen LogP contribution in [0, 0.1) is 0 Å². The second kappa shape index (κ2) is 10.2. The van der Waals surface area contributed by atoms with Crippen LogP contribution in [-0.4, -0.2) is 33.9 Å². The SMILES string of the molecule is CCCCN1C(=O)c2cccc3c(NC(=O)c4ccccc4NS(=O)(=O)c4ccc(OC)cc4)ccc1c23. The number of rotatable bonds is 9.